The number of carbonyl (C=O) groups excluding carboxylic acids is 1. The van der Waals surface area contributed by atoms with E-state index in [1.54, 1.807) is 0 Å². The summed E-state index contributed by atoms with van der Waals surface area (Å²) < 4.78 is 0. The summed E-state index contributed by atoms with van der Waals surface area (Å²) in [5.74, 6) is 2.61. The van der Waals surface area contributed by atoms with Crippen LogP contribution in [0.3, 0.4) is 0 Å². The minimum Gasteiger partial charge on any atom is -0.352 e. The van der Waals surface area contributed by atoms with Crippen LogP contribution in [0, 0.1) is 0 Å². The fourth-order valence-corrected chi connectivity index (χ4v) is 3.74. The van der Waals surface area contributed by atoms with Gasteiger partial charge in [0.1, 0.15) is 17.7 Å². The molecule has 3 aliphatic rings. The topological polar surface area (TPSA) is 58.1 Å². The summed E-state index contributed by atoms with van der Waals surface area (Å²) in [5.41, 5.74) is 0. The van der Waals surface area contributed by atoms with Crippen LogP contribution in [0.4, 0.5) is 5.82 Å². The third kappa shape index (κ3) is 2.81. The molecule has 3 fully saturated rings. The number of rotatable bonds is 4. The number of nitrogens with zero attached hydrogens (tertiary/aromatic N) is 3. The Hall–Kier alpha value is -1.65. The molecule has 4 rings (SSSR count). The van der Waals surface area contributed by atoms with Gasteiger partial charge in [-0.15, -0.1) is 0 Å². The smallest absolute Gasteiger partial charge is 0.242 e. The molecule has 0 radical (unpaired) electrons. The van der Waals surface area contributed by atoms with Gasteiger partial charge in [0.25, 0.3) is 0 Å². The summed E-state index contributed by atoms with van der Waals surface area (Å²) in [6.45, 7) is 0.921. The molecule has 1 unspecified atom stereocenters. The molecule has 1 aliphatic heterocycles. The highest BCUT2D eigenvalue weighted by molar-refractivity contribution is 5.86. The van der Waals surface area contributed by atoms with Crippen LogP contribution in [0.15, 0.2) is 12.3 Å². The van der Waals surface area contributed by atoms with E-state index in [1.807, 2.05) is 12.3 Å². The van der Waals surface area contributed by atoms with Crippen LogP contribution < -0.4 is 10.2 Å². The van der Waals surface area contributed by atoms with Crippen molar-refractivity contribution in [2.45, 2.75) is 69.4 Å². The normalized spacial score (nSPS) is 25.6. The highest BCUT2D eigenvalue weighted by atomic mass is 16.2. The number of nitrogens with one attached hydrogen (secondary N) is 1. The van der Waals surface area contributed by atoms with Crippen molar-refractivity contribution in [3.63, 3.8) is 0 Å². The second-order valence-electron chi connectivity index (χ2n) is 6.89. The molecule has 1 aromatic heterocycles. The van der Waals surface area contributed by atoms with Crippen molar-refractivity contribution >= 4 is 11.7 Å². The van der Waals surface area contributed by atoms with Crippen LogP contribution in [0.25, 0.3) is 0 Å². The van der Waals surface area contributed by atoms with Crippen LogP contribution in [0.1, 0.15) is 63.1 Å². The van der Waals surface area contributed by atoms with Crippen LogP contribution >= 0.6 is 0 Å². The first-order valence-electron chi connectivity index (χ1n) is 8.71. The van der Waals surface area contributed by atoms with Gasteiger partial charge in [0.15, 0.2) is 0 Å². The average Bonchev–Trinajstić information content (AvgIpc) is 3.06. The van der Waals surface area contributed by atoms with E-state index in [-0.39, 0.29) is 11.9 Å². The Bertz CT molecular complexity index is 551. The summed E-state index contributed by atoms with van der Waals surface area (Å²) in [5, 5.41) is 3.14. The molecule has 0 aromatic carbocycles. The SMILES string of the molecule is O=C(NC1CC1)C1CCCN1c1ccnc(C2CCCC2)n1. The molecule has 1 amide bonds. The maximum atomic E-state index is 12.4. The Balaban J connectivity index is 1.51. The van der Waals surface area contributed by atoms with Crippen molar-refractivity contribution in [2.24, 2.45) is 0 Å². The summed E-state index contributed by atoms with van der Waals surface area (Å²) in [7, 11) is 0. The van der Waals surface area contributed by atoms with E-state index in [4.69, 9.17) is 4.98 Å². The zero-order valence-corrected chi connectivity index (χ0v) is 13.0. The number of aromatic nitrogens is 2. The lowest BCUT2D eigenvalue weighted by Crippen LogP contribution is -2.44. The number of carbonyl (C=O) groups is 1. The molecule has 0 bridgehead atoms. The molecule has 2 saturated carbocycles. The van der Waals surface area contributed by atoms with E-state index < -0.39 is 0 Å². The zero-order valence-electron chi connectivity index (χ0n) is 13.0. The summed E-state index contributed by atoms with van der Waals surface area (Å²) >= 11 is 0. The van der Waals surface area contributed by atoms with Gasteiger partial charge in [0, 0.05) is 24.7 Å². The summed E-state index contributed by atoms with van der Waals surface area (Å²) in [4.78, 5) is 23.9. The molecule has 1 atom stereocenters. The van der Waals surface area contributed by atoms with E-state index in [0.717, 1.165) is 43.9 Å². The van der Waals surface area contributed by atoms with E-state index in [9.17, 15) is 4.79 Å². The maximum absolute atomic E-state index is 12.4. The first-order chi connectivity index (χ1) is 10.8. The number of amides is 1. The lowest BCUT2D eigenvalue weighted by molar-refractivity contribution is -0.122. The lowest BCUT2D eigenvalue weighted by atomic mass is 10.1. The van der Waals surface area contributed by atoms with Crippen LogP contribution in [0.5, 0.6) is 0 Å². The predicted molar refractivity (Wildman–Crippen MR) is 84.8 cm³/mol. The van der Waals surface area contributed by atoms with Gasteiger partial charge in [0.2, 0.25) is 5.91 Å². The Labute approximate surface area is 131 Å². The number of hydrogen-bond donors (Lipinski definition) is 1. The monoisotopic (exact) mass is 300 g/mol. The van der Waals surface area contributed by atoms with Crippen molar-refractivity contribution in [1.82, 2.24) is 15.3 Å². The fraction of sp³-hybridized carbons (Fsp3) is 0.706. The van der Waals surface area contributed by atoms with Gasteiger partial charge >= 0.3 is 0 Å². The summed E-state index contributed by atoms with van der Waals surface area (Å²) in [6.07, 6.45) is 11.1. The van der Waals surface area contributed by atoms with E-state index >= 15 is 0 Å². The second-order valence-corrected chi connectivity index (χ2v) is 6.89. The van der Waals surface area contributed by atoms with Crippen molar-refractivity contribution in [1.29, 1.82) is 0 Å². The van der Waals surface area contributed by atoms with Crippen LogP contribution in [0.2, 0.25) is 0 Å². The average molecular weight is 300 g/mol. The molecule has 1 aromatic rings. The maximum Gasteiger partial charge on any atom is 0.242 e. The quantitative estimate of drug-likeness (QED) is 0.927. The molecular weight excluding hydrogens is 276 g/mol. The van der Waals surface area contributed by atoms with Crippen molar-refractivity contribution in [2.75, 3.05) is 11.4 Å². The molecule has 2 heterocycles. The standard InChI is InChI=1S/C17H24N4O/c22-17(19-13-7-8-13)14-6-3-11-21(14)15-9-10-18-16(20-15)12-4-1-2-5-12/h9-10,12-14H,1-8,11H2,(H,19,22). The molecule has 118 valence electrons. The van der Waals surface area contributed by atoms with Gasteiger partial charge in [-0.25, -0.2) is 9.97 Å². The van der Waals surface area contributed by atoms with Gasteiger partial charge < -0.3 is 10.2 Å². The van der Waals surface area contributed by atoms with Gasteiger partial charge in [-0.1, -0.05) is 12.8 Å². The van der Waals surface area contributed by atoms with Crippen LogP contribution in [-0.4, -0.2) is 34.5 Å². The van der Waals surface area contributed by atoms with Gasteiger partial charge in [0.05, 0.1) is 0 Å². The molecular formula is C17H24N4O. The third-order valence-electron chi connectivity index (χ3n) is 5.15. The van der Waals surface area contributed by atoms with Gasteiger partial charge in [-0.05, 0) is 44.6 Å². The predicted octanol–water partition coefficient (Wildman–Crippen LogP) is 2.38. The molecule has 1 saturated heterocycles. The van der Waals surface area contributed by atoms with E-state index in [1.165, 1.54) is 25.7 Å². The fourth-order valence-electron chi connectivity index (χ4n) is 3.74. The molecule has 0 spiro atoms. The Morgan fingerprint density at radius 2 is 1.95 bits per heavy atom. The Kier molecular flexibility index (Phi) is 3.72. The first kappa shape index (κ1) is 14.0. The minimum atomic E-state index is -0.0491. The summed E-state index contributed by atoms with van der Waals surface area (Å²) in [6, 6.07) is 2.34. The largest absolute Gasteiger partial charge is 0.352 e. The van der Waals surface area contributed by atoms with Crippen molar-refractivity contribution in [3.8, 4) is 0 Å². The van der Waals surface area contributed by atoms with Crippen molar-refractivity contribution in [3.05, 3.63) is 18.1 Å². The molecule has 1 N–H and O–H groups in total. The lowest BCUT2D eigenvalue weighted by Gasteiger charge is -2.25. The highest BCUT2D eigenvalue weighted by Crippen LogP contribution is 2.33. The minimum absolute atomic E-state index is 0.0491. The number of anilines is 1. The van der Waals surface area contributed by atoms with Gasteiger partial charge in [-0.2, -0.15) is 0 Å². The number of hydrogen-bond acceptors (Lipinski definition) is 4. The second kappa shape index (κ2) is 5.86. The molecule has 5 nitrogen and oxygen atoms in total. The van der Waals surface area contributed by atoms with Crippen LogP contribution in [-0.2, 0) is 4.79 Å². The van der Waals surface area contributed by atoms with E-state index in [2.05, 4.69) is 15.2 Å². The molecule has 2 aliphatic carbocycles. The van der Waals surface area contributed by atoms with E-state index in [0.29, 0.717) is 12.0 Å². The van der Waals surface area contributed by atoms with Crippen molar-refractivity contribution < 1.29 is 4.79 Å². The highest BCUT2D eigenvalue weighted by Gasteiger charge is 2.35. The molecule has 5 heteroatoms. The van der Waals surface area contributed by atoms with Gasteiger partial charge in [-0.3, -0.25) is 4.79 Å². The first-order valence-corrected chi connectivity index (χ1v) is 8.71. The Morgan fingerprint density at radius 1 is 1.14 bits per heavy atom. The Morgan fingerprint density at radius 3 is 2.73 bits per heavy atom. The third-order valence-corrected chi connectivity index (χ3v) is 5.15. The molecule has 22 heavy (non-hydrogen) atoms. The zero-order chi connectivity index (χ0) is 14.9.